The van der Waals surface area contributed by atoms with E-state index in [1.54, 1.807) is 24.3 Å². The van der Waals surface area contributed by atoms with Gasteiger partial charge in [-0.15, -0.1) is 13.2 Å². The molecule has 1 aromatic carbocycles. The SMILES string of the molecule is C=CCS(=O)(=O)O.C=CCc1ccccc1S(=O)(=O)O. The molecule has 6 nitrogen and oxygen atoms in total. The molecule has 0 fully saturated rings. The second-order valence-electron chi connectivity index (χ2n) is 3.61. The van der Waals surface area contributed by atoms with Gasteiger partial charge in [0.2, 0.25) is 0 Å². The van der Waals surface area contributed by atoms with Crippen LogP contribution in [0.15, 0.2) is 54.5 Å². The Labute approximate surface area is 119 Å². The minimum absolute atomic E-state index is 0.0464. The number of benzene rings is 1. The Morgan fingerprint density at radius 3 is 1.90 bits per heavy atom. The fourth-order valence-electron chi connectivity index (χ4n) is 1.23. The van der Waals surface area contributed by atoms with Crippen LogP contribution in [-0.2, 0) is 26.7 Å². The molecule has 0 aliphatic carbocycles. The first-order valence-corrected chi connectivity index (χ1v) is 8.39. The molecule has 112 valence electrons. The van der Waals surface area contributed by atoms with Crippen LogP contribution >= 0.6 is 0 Å². The number of allylic oxidation sites excluding steroid dienone is 1. The molecule has 2 N–H and O–H groups in total. The van der Waals surface area contributed by atoms with E-state index in [2.05, 4.69) is 13.2 Å². The zero-order valence-corrected chi connectivity index (χ0v) is 12.3. The maximum Gasteiger partial charge on any atom is 0.294 e. The summed E-state index contributed by atoms with van der Waals surface area (Å²) in [5.74, 6) is -0.368. The molecule has 0 aliphatic heterocycles. The van der Waals surface area contributed by atoms with Crippen LogP contribution in [0.25, 0.3) is 0 Å². The van der Waals surface area contributed by atoms with E-state index in [4.69, 9.17) is 9.11 Å². The summed E-state index contributed by atoms with van der Waals surface area (Å²) in [5.41, 5.74) is 0.556. The lowest BCUT2D eigenvalue weighted by Crippen LogP contribution is -2.02. The highest BCUT2D eigenvalue weighted by Gasteiger charge is 2.12. The number of hydrogen-bond donors (Lipinski definition) is 2. The Balaban J connectivity index is 0.000000441. The fourth-order valence-corrected chi connectivity index (χ4v) is 2.26. The highest BCUT2D eigenvalue weighted by Crippen LogP contribution is 2.15. The van der Waals surface area contributed by atoms with E-state index in [1.165, 1.54) is 6.07 Å². The van der Waals surface area contributed by atoms with E-state index in [0.29, 0.717) is 12.0 Å². The van der Waals surface area contributed by atoms with Crippen LogP contribution in [0.2, 0.25) is 0 Å². The van der Waals surface area contributed by atoms with Crippen molar-refractivity contribution >= 4 is 20.2 Å². The third kappa shape index (κ3) is 7.85. The Bertz CT molecular complexity index is 659. The molecule has 8 heteroatoms. The summed E-state index contributed by atoms with van der Waals surface area (Å²) in [7, 11) is -7.90. The van der Waals surface area contributed by atoms with Crippen LogP contribution in [0.1, 0.15) is 5.56 Å². The lowest BCUT2D eigenvalue weighted by molar-refractivity contribution is 0.481. The summed E-state index contributed by atoms with van der Waals surface area (Å²) in [6.45, 7) is 6.61. The van der Waals surface area contributed by atoms with Gasteiger partial charge in [0.1, 0.15) is 0 Å². The van der Waals surface area contributed by atoms with Crippen molar-refractivity contribution in [2.24, 2.45) is 0 Å². The summed E-state index contributed by atoms with van der Waals surface area (Å²) < 4.78 is 57.9. The molecule has 0 amide bonds. The molecule has 0 heterocycles. The highest BCUT2D eigenvalue weighted by atomic mass is 32.2. The van der Waals surface area contributed by atoms with Gasteiger partial charge in [0.15, 0.2) is 0 Å². The topological polar surface area (TPSA) is 109 Å². The van der Waals surface area contributed by atoms with Crippen molar-refractivity contribution < 1.29 is 25.9 Å². The van der Waals surface area contributed by atoms with Gasteiger partial charge in [0, 0.05) is 0 Å². The number of hydrogen-bond acceptors (Lipinski definition) is 4. The van der Waals surface area contributed by atoms with E-state index in [-0.39, 0.29) is 10.6 Å². The van der Waals surface area contributed by atoms with Gasteiger partial charge in [0.25, 0.3) is 20.2 Å². The molecule has 0 unspecified atom stereocenters. The predicted molar refractivity (Wildman–Crippen MR) is 76.8 cm³/mol. The molecular formula is C12H16O6S2. The molecule has 0 spiro atoms. The van der Waals surface area contributed by atoms with Gasteiger partial charge in [-0.2, -0.15) is 16.8 Å². The van der Waals surface area contributed by atoms with Gasteiger partial charge in [-0.25, -0.2) is 0 Å². The van der Waals surface area contributed by atoms with Crippen LogP contribution in [0.4, 0.5) is 0 Å². The third-order valence-corrected chi connectivity index (χ3v) is 3.55. The lowest BCUT2D eigenvalue weighted by Gasteiger charge is -2.02. The van der Waals surface area contributed by atoms with Crippen molar-refractivity contribution in [1.29, 1.82) is 0 Å². The van der Waals surface area contributed by atoms with E-state index >= 15 is 0 Å². The second-order valence-corrected chi connectivity index (χ2v) is 6.50. The Morgan fingerprint density at radius 1 is 1.00 bits per heavy atom. The monoisotopic (exact) mass is 320 g/mol. The molecule has 0 aliphatic rings. The molecule has 0 radical (unpaired) electrons. The number of rotatable bonds is 5. The maximum absolute atomic E-state index is 10.8. The molecule has 0 saturated heterocycles. The van der Waals surface area contributed by atoms with E-state index in [0.717, 1.165) is 6.08 Å². The van der Waals surface area contributed by atoms with Gasteiger partial charge in [0.05, 0.1) is 10.6 Å². The minimum Gasteiger partial charge on any atom is -0.285 e. The molecule has 1 aromatic rings. The van der Waals surface area contributed by atoms with Crippen LogP contribution in [-0.4, -0.2) is 31.7 Å². The maximum atomic E-state index is 10.8. The Kier molecular flexibility index (Phi) is 7.36. The van der Waals surface area contributed by atoms with Crippen molar-refractivity contribution in [2.75, 3.05) is 5.75 Å². The fraction of sp³-hybridized carbons (Fsp3) is 0.167. The van der Waals surface area contributed by atoms with Crippen LogP contribution in [0.3, 0.4) is 0 Å². The third-order valence-electron chi connectivity index (χ3n) is 1.94. The van der Waals surface area contributed by atoms with Gasteiger partial charge < -0.3 is 0 Å². The first-order valence-electron chi connectivity index (χ1n) is 5.34. The zero-order chi connectivity index (χ0) is 15.8. The van der Waals surface area contributed by atoms with Crippen LogP contribution in [0.5, 0.6) is 0 Å². The average Bonchev–Trinajstić information content (AvgIpc) is 2.28. The second kappa shape index (κ2) is 7.95. The first kappa shape index (κ1) is 18.5. The zero-order valence-electron chi connectivity index (χ0n) is 10.6. The molecule has 0 aromatic heterocycles. The Morgan fingerprint density at radius 2 is 1.55 bits per heavy atom. The summed E-state index contributed by atoms with van der Waals surface area (Å²) in [6.07, 6.45) is 3.13. The Hall–Kier alpha value is -1.48. The van der Waals surface area contributed by atoms with Gasteiger partial charge >= 0.3 is 0 Å². The summed E-state index contributed by atoms with van der Waals surface area (Å²) in [6, 6.07) is 6.29. The van der Waals surface area contributed by atoms with Crippen molar-refractivity contribution in [1.82, 2.24) is 0 Å². The molecule has 1 rings (SSSR count). The molecule has 0 atom stereocenters. The highest BCUT2D eigenvalue weighted by molar-refractivity contribution is 7.86. The quantitative estimate of drug-likeness (QED) is 0.631. The summed E-state index contributed by atoms with van der Waals surface area (Å²) >= 11 is 0. The predicted octanol–water partition coefficient (Wildman–Crippen LogP) is 1.72. The molecule has 0 bridgehead atoms. The van der Waals surface area contributed by atoms with Crippen molar-refractivity contribution in [3.63, 3.8) is 0 Å². The molecule has 0 saturated carbocycles. The standard InChI is InChI=1S/C9H10O3S.C3H6O3S/c1-2-5-8-6-3-4-7-9(8)13(10,11)12;1-2-3-7(4,5)6/h2-4,6-7H,1,5H2,(H,10,11,12);2H,1,3H2,(H,4,5,6). The van der Waals surface area contributed by atoms with E-state index in [1.807, 2.05) is 0 Å². The molecule has 20 heavy (non-hydrogen) atoms. The summed E-state index contributed by atoms with van der Waals surface area (Å²) in [4.78, 5) is -0.0464. The van der Waals surface area contributed by atoms with Gasteiger partial charge in [-0.1, -0.05) is 30.4 Å². The normalized spacial score (nSPS) is 11.1. The van der Waals surface area contributed by atoms with Crippen molar-refractivity contribution in [3.8, 4) is 0 Å². The molecular weight excluding hydrogens is 304 g/mol. The van der Waals surface area contributed by atoms with Crippen molar-refractivity contribution in [2.45, 2.75) is 11.3 Å². The van der Waals surface area contributed by atoms with E-state index < -0.39 is 20.2 Å². The lowest BCUT2D eigenvalue weighted by atomic mass is 10.1. The minimum atomic E-state index is -4.10. The van der Waals surface area contributed by atoms with Crippen LogP contribution in [0, 0.1) is 0 Å². The van der Waals surface area contributed by atoms with Crippen LogP contribution < -0.4 is 0 Å². The average molecular weight is 320 g/mol. The van der Waals surface area contributed by atoms with E-state index in [9.17, 15) is 16.8 Å². The van der Waals surface area contributed by atoms with Crippen molar-refractivity contribution in [3.05, 3.63) is 55.1 Å². The smallest absolute Gasteiger partial charge is 0.285 e. The summed E-state index contributed by atoms with van der Waals surface area (Å²) in [5, 5.41) is 0. The first-order chi connectivity index (χ1) is 9.11. The van der Waals surface area contributed by atoms with Gasteiger partial charge in [-0.3, -0.25) is 9.11 Å². The largest absolute Gasteiger partial charge is 0.294 e. The van der Waals surface area contributed by atoms with Gasteiger partial charge in [-0.05, 0) is 18.1 Å².